The molecule has 25 heavy (non-hydrogen) atoms. The SMILES string of the molecule is Cc1ccc(Nc2nc(-c3cccc(-n4cnnn4)c3)cs2)cc1.Cl. The van der Waals surface area contributed by atoms with Crippen molar-refractivity contribution in [3.63, 3.8) is 0 Å². The minimum Gasteiger partial charge on any atom is -0.332 e. The van der Waals surface area contributed by atoms with E-state index in [-0.39, 0.29) is 12.4 Å². The Morgan fingerprint density at radius 3 is 2.68 bits per heavy atom. The van der Waals surface area contributed by atoms with Crippen LogP contribution in [0, 0.1) is 6.92 Å². The lowest BCUT2D eigenvalue weighted by atomic mass is 10.1. The van der Waals surface area contributed by atoms with Crippen LogP contribution in [0.25, 0.3) is 16.9 Å². The summed E-state index contributed by atoms with van der Waals surface area (Å²) in [5.41, 5.74) is 5.11. The van der Waals surface area contributed by atoms with Gasteiger partial charge in [0.1, 0.15) is 6.33 Å². The number of halogens is 1. The van der Waals surface area contributed by atoms with E-state index in [1.54, 1.807) is 22.3 Å². The van der Waals surface area contributed by atoms with Gasteiger partial charge in [0.05, 0.1) is 11.4 Å². The van der Waals surface area contributed by atoms with Crippen molar-refractivity contribution in [1.82, 2.24) is 25.2 Å². The van der Waals surface area contributed by atoms with Crippen LogP contribution in [0.4, 0.5) is 10.8 Å². The van der Waals surface area contributed by atoms with Gasteiger partial charge in [-0.3, -0.25) is 0 Å². The maximum Gasteiger partial charge on any atom is 0.187 e. The molecule has 0 atom stereocenters. The van der Waals surface area contributed by atoms with Crippen molar-refractivity contribution in [2.45, 2.75) is 6.92 Å². The third-order valence-corrected chi connectivity index (χ3v) is 4.32. The number of nitrogens with one attached hydrogen (secondary N) is 1. The van der Waals surface area contributed by atoms with E-state index in [9.17, 15) is 0 Å². The number of anilines is 2. The average molecular weight is 371 g/mol. The first kappa shape index (κ1) is 17.1. The molecule has 6 nitrogen and oxygen atoms in total. The predicted octanol–water partition coefficient (Wildman–Crippen LogP) is 4.26. The highest BCUT2D eigenvalue weighted by Crippen LogP contribution is 2.28. The molecule has 4 aromatic rings. The van der Waals surface area contributed by atoms with Gasteiger partial charge in [0, 0.05) is 16.6 Å². The van der Waals surface area contributed by atoms with Gasteiger partial charge in [-0.1, -0.05) is 29.8 Å². The highest BCUT2D eigenvalue weighted by Gasteiger charge is 2.07. The molecule has 0 saturated carbocycles. The van der Waals surface area contributed by atoms with Crippen LogP contribution < -0.4 is 5.32 Å². The molecule has 0 unspecified atom stereocenters. The van der Waals surface area contributed by atoms with E-state index in [1.807, 2.05) is 29.6 Å². The lowest BCUT2D eigenvalue weighted by Gasteiger charge is -2.03. The van der Waals surface area contributed by atoms with E-state index < -0.39 is 0 Å². The summed E-state index contributed by atoms with van der Waals surface area (Å²) in [4.78, 5) is 4.67. The second-order valence-electron chi connectivity index (χ2n) is 5.33. The average Bonchev–Trinajstić information content (AvgIpc) is 3.29. The van der Waals surface area contributed by atoms with Gasteiger partial charge >= 0.3 is 0 Å². The smallest absolute Gasteiger partial charge is 0.187 e. The van der Waals surface area contributed by atoms with E-state index in [2.05, 4.69) is 57.0 Å². The molecule has 0 amide bonds. The van der Waals surface area contributed by atoms with Crippen LogP contribution in [0.15, 0.2) is 60.2 Å². The molecule has 126 valence electrons. The lowest BCUT2D eigenvalue weighted by Crippen LogP contribution is -1.95. The summed E-state index contributed by atoms with van der Waals surface area (Å²) >= 11 is 1.58. The molecule has 0 aliphatic rings. The zero-order valence-electron chi connectivity index (χ0n) is 13.3. The van der Waals surface area contributed by atoms with Crippen molar-refractivity contribution in [2.24, 2.45) is 0 Å². The Morgan fingerprint density at radius 1 is 1.08 bits per heavy atom. The summed E-state index contributed by atoms with van der Waals surface area (Å²) in [6, 6.07) is 16.2. The monoisotopic (exact) mass is 370 g/mol. The van der Waals surface area contributed by atoms with Gasteiger partial charge in [-0.2, -0.15) is 0 Å². The van der Waals surface area contributed by atoms with E-state index >= 15 is 0 Å². The molecule has 0 aliphatic heterocycles. The Labute approximate surface area is 155 Å². The molecule has 2 aromatic carbocycles. The highest BCUT2D eigenvalue weighted by molar-refractivity contribution is 7.14. The number of aryl methyl sites for hydroxylation is 1. The Balaban J connectivity index is 0.00000182. The number of rotatable bonds is 4. The number of nitrogens with zero attached hydrogens (tertiary/aromatic N) is 5. The molecule has 0 spiro atoms. The second-order valence-corrected chi connectivity index (χ2v) is 6.19. The topological polar surface area (TPSA) is 68.5 Å². The maximum atomic E-state index is 4.67. The summed E-state index contributed by atoms with van der Waals surface area (Å²) in [5, 5.41) is 17.5. The van der Waals surface area contributed by atoms with Crippen LogP contribution in [0.2, 0.25) is 0 Å². The van der Waals surface area contributed by atoms with Gasteiger partial charge in [0.2, 0.25) is 0 Å². The normalized spacial score (nSPS) is 10.3. The molecule has 0 radical (unpaired) electrons. The zero-order valence-corrected chi connectivity index (χ0v) is 15.0. The van der Waals surface area contributed by atoms with Crippen molar-refractivity contribution in [3.8, 4) is 16.9 Å². The number of hydrogen-bond acceptors (Lipinski definition) is 6. The summed E-state index contributed by atoms with van der Waals surface area (Å²) in [7, 11) is 0. The number of aromatic nitrogens is 5. The molecule has 0 saturated heterocycles. The van der Waals surface area contributed by atoms with Gasteiger partial charge in [-0.25, -0.2) is 9.67 Å². The van der Waals surface area contributed by atoms with Crippen LogP contribution in [-0.4, -0.2) is 25.2 Å². The quantitative estimate of drug-likeness (QED) is 0.581. The third kappa shape index (κ3) is 3.84. The van der Waals surface area contributed by atoms with Crippen LogP contribution >= 0.6 is 23.7 Å². The summed E-state index contributed by atoms with van der Waals surface area (Å²) in [6.07, 6.45) is 1.57. The standard InChI is InChI=1S/C17H14N6S.ClH/c1-12-5-7-14(8-6-12)19-17-20-16(10-24-17)13-3-2-4-15(9-13)23-11-18-21-22-23;/h2-11H,1H3,(H,19,20);1H. The first-order valence-corrected chi connectivity index (χ1v) is 8.29. The Morgan fingerprint density at radius 2 is 1.92 bits per heavy atom. The minimum absolute atomic E-state index is 0. The molecule has 0 bridgehead atoms. The first-order chi connectivity index (χ1) is 11.8. The number of hydrogen-bond donors (Lipinski definition) is 1. The number of benzene rings is 2. The Hall–Kier alpha value is -2.77. The summed E-state index contributed by atoms with van der Waals surface area (Å²) in [6.45, 7) is 2.07. The summed E-state index contributed by atoms with van der Waals surface area (Å²) < 4.78 is 1.63. The maximum absolute atomic E-state index is 4.67. The minimum atomic E-state index is 0. The van der Waals surface area contributed by atoms with E-state index in [0.717, 1.165) is 27.8 Å². The fraction of sp³-hybridized carbons (Fsp3) is 0.0588. The molecule has 1 N–H and O–H groups in total. The third-order valence-electron chi connectivity index (χ3n) is 3.56. The summed E-state index contributed by atoms with van der Waals surface area (Å²) in [5.74, 6) is 0. The second kappa shape index (κ2) is 7.42. The van der Waals surface area contributed by atoms with Crippen LogP contribution in [0.5, 0.6) is 0 Å². The highest BCUT2D eigenvalue weighted by atomic mass is 35.5. The lowest BCUT2D eigenvalue weighted by molar-refractivity contribution is 0.789. The fourth-order valence-electron chi connectivity index (χ4n) is 2.31. The molecule has 8 heteroatoms. The predicted molar refractivity (Wildman–Crippen MR) is 102 cm³/mol. The van der Waals surface area contributed by atoms with Crippen LogP contribution in [-0.2, 0) is 0 Å². The molecule has 0 fully saturated rings. The molecule has 2 heterocycles. The van der Waals surface area contributed by atoms with Crippen molar-refractivity contribution >= 4 is 34.6 Å². The van der Waals surface area contributed by atoms with E-state index in [0.29, 0.717) is 0 Å². The Bertz CT molecular complexity index is 949. The Kier molecular flexibility index (Phi) is 5.06. The van der Waals surface area contributed by atoms with Crippen molar-refractivity contribution in [3.05, 3.63) is 65.8 Å². The fourth-order valence-corrected chi connectivity index (χ4v) is 3.05. The van der Waals surface area contributed by atoms with Gasteiger partial charge in [-0.15, -0.1) is 28.8 Å². The van der Waals surface area contributed by atoms with Crippen molar-refractivity contribution < 1.29 is 0 Å². The molecule has 4 rings (SSSR count). The van der Waals surface area contributed by atoms with E-state index in [4.69, 9.17) is 0 Å². The van der Waals surface area contributed by atoms with Crippen molar-refractivity contribution in [2.75, 3.05) is 5.32 Å². The molecule has 2 aromatic heterocycles. The van der Waals surface area contributed by atoms with E-state index in [1.165, 1.54) is 5.56 Å². The number of tetrazole rings is 1. The van der Waals surface area contributed by atoms with Gasteiger partial charge in [0.15, 0.2) is 5.13 Å². The first-order valence-electron chi connectivity index (χ1n) is 7.41. The molecular weight excluding hydrogens is 356 g/mol. The van der Waals surface area contributed by atoms with Gasteiger partial charge < -0.3 is 5.32 Å². The number of thiazole rings is 1. The van der Waals surface area contributed by atoms with Crippen LogP contribution in [0.3, 0.4) is 0 Å². The largest absolute Gasteiger partial charge is 0.332 e. The van der Waals surface area contributed by atoms with Gasteiger partial charge in [-0.05, 0) is 41.6 Å². The zero-order chi connectivity index (χ0) is 16.4. The van der Waals surface area contributed by atoms with Crippen molar-refractivity contribution in [1.29, 1.82) is 0 Å². The molecule has 0 aliphatic carbocycles. The molecular formula is C17H15ClN6S. The van der Waals surface area contributed by atoms with Gasteiger partial charge in [0.25, 0.3) is 0 Å². The van der Waals surface area contributed by atoms with Crippen LogP contribution in [0.1, 0.15) is 5.56 Å².